The van der Waals surface area contributed by atoms with Crippen molar-refractivity contribution in [1.29, 1.82) is 0 Å². The molecule has 1 amide bonds. The molecule has 1 heterocycles. The number of thiophene rings is 1. The van der Waals surface area contributed by atoms with Crippen molar-refractivity contribution in [1.82, 2.24) is 5.01 Å². The second-order valence-corrected chi connectivity index (χ2v) is 8.39. The van der Waals surface area contributed by atoms with Crippen LogP contribution in [0.15, 0.2) is 60.4 Å². The number of carbonyl (C=O) groups excluding carboxylic acids is 1. The standard InChI is InChI=1S/C22H23F3N4O2S/c1-2-21(31,22(23,24)25)17(26)12-29(28)11-13-8-9-15-16(10-13)32-19(20(27)30)18(15)14-6-4-3-5-7-14/h3-10,12,31H,2,11,26,28H2,1H3,(H2,27,30)/b17-12-. The Morgan fingerprint density at radius 2 is 1.81 bits per heavy atom. The van der Waals surface area contributed by atoms with E-state index in [2.05, 4.69) is 0 Å². The van der Waals surface area contributed by atoms with Crippen LogP contribution >= 0.6 is 11.3 Å². The fraction of sp³-hybridized carbons (Fsp3) is 0.227. The predicted octanol–water partition coefficient (Wildman–Crippen LogP) is 3.85. The van der Waals surface area contributed by atoms with E-state index in [0.717, 1.165) is 32.4 Å². The average molecular weight is 465 g/mol. The number of carbonyl (C=O) groups is 1. The molecule has 0 aliphatic heterocycles. The Hall–Kier alpha value is -3.08. The minimum atomic E-state index is -4.93. The minimum absolute atomic E-state index is 0.0266. The van der Waals surface area contributed by atoms with Crippen molar-refractivity contribution in [3.05, 3.63) is 70.9 Å². The van der Waals surface area contributed by atoms with Crippen LogP contribution in [0.3, 0.4) is 0 Å². The second kappa shape index (κ2) is 8.81. The molecule has 0 radical (unpaired) electrons. The number of aliphatic hydroxyl groups is 1. The first-order valence-electron chi connectivity index (χ1n) is 9.66. The highest BCUT2D eigenvalue weighted by atomic mass is 32.1. The average Bonchev–Trinajstić information content (AvgIpc) is 3.11. The molecule has 0 spiro atoms. The largest absolute Gasteiger partial charge is 0.422 e. The van der Waals surface area contributed by atoms with Gasteiger partial charge in [-0.05, 0) is 23.6 Å². The van der Waals surface area contributed by atoms with Crippen molar-refractivity contribution < 1.29 is 23.1 Å². The van der Waals surface area contributed by atoms with Crippen molar-refractivity contribution in [3.8, 4) is 11.1 Å². The van der Waals surface area contributed by atoms with E-state index in [1.165, 1.54) is 18.3 Å². The van der Waals surface area contributed by atoms with E-state index < -0.39 is 29.8 Å². The van der Waals surface area contributed by atoms with Gasteiger partial charge < -0.3 is 21.6 Å². The summed E-state index contributed by atoms with van der Waals surface area (Å²) in [4.78, 5) is 12.4. The number of hydrogen-bond acceptors (Lipinski definition) is 6. The first-order chi connectivity index (χ1) is 15.0. The van der Waals surface area contributed by atoms with E-state index in [0.29, 0.717) is 10.4 Å². The first-order valence-corrected chi connectivity index (χ1v) is 10.5. The van der Waals surface area contributed by atoms with E-state index in [-0.39, 0.29) is 6.54 Å². The van der Waals surface area contributed by atoms with E-state index in [1.54, 1.807) is 12.1 Å². The van der Waals surface area contributed by atoms with Crippen LogP contribution in [0.5, 0.6) is 0 Å². The maximum Gasteiger partial charge on any atom is 0.422 e. The number of nitrogens with zero attached hydrogens (tertiary/aromatic N) is 1. The summed E-state index contributed by atoms with van der Waals surface area (Å²) >= 11 is 1.23. The van der Waals surface area contributed by atoms with Crippen LogP contribution in [0.2, 0.25) is 0 Å². The molecular weight excluding hydrogens is 441 g/mol. The molecule has 10 heteroatoms. The smallest absolute Gasteiger partial charge is 0.398 e. The molecule has 0 aliphatic rings. The molecule has 32 heavy (non-hydrogen) atoms. The number of amides is 1. The Morgan fingerprint density at radius 3 is 2.38 bits per heavy atom. The summed E-state index contributed by atoms with van der Waals surface area (Å²) in [5, 5.41) is 11.7. The lowest BCUT2D eigenvalue weighted by Gasteiger charge is -2.30. The lowest BCUT2D eigenvalue weighted by molar-refractivity contribution is -0.245. The monoisotopic (exact) mass is 464 g/mol. The summed E-state index contributed by atoms with van der Waals surface area (Å²) in [6.45, 7) is 1.21. The molecule has 1 aromatic heterocycles. The molecule has 0 saturated heterocycles. The molecule has 0 bridgehead atoms. The van der Waals surface area contributed by atoms with Gasteiger partial charge in [0.25, 0.3) is 5.91 Å². The molecule has 3 aromatic rings. The van der Waals surface area contributed by atoms with Crippen LogP contribution in [-0.4, -0.2) is 27.8 Å². The van der Waals surface area contributed by atoms with Gasteiger partial charge in [-0.15, -0.1) is 11.3 Å². The Kier molecular flexibility index (Phi) is 6.49. The van der Waals surface area contributed by atoms with E-state index >= 15 is 0 Å². The van der Waals surface area contributed by atoms with Crippen LogP contribution in [0.4, 0.5) is 13.2 Å². The first kappa shape index (κ1) is 23.6. The van der Waals surface area contributed by atoms with Crippen molar-refractivity contribution in [2.24, 2.45) is 17.3 Å². The number of hydrazine groups is 1. The van der Waals surface area contributed by atoms with Crippen molar-refractivity contribution >= 4 is 27.3 Å². The van der Waals surface area contributed by atoms with Gasteiger partial charge in [0.2, 0.25) is 5.60 Å². The van der Waals surface area contributed by atoms with Gasteiger partial charge in [0.05, 0.1) is 12.2 Å². The second-order valence-electron chi connectivity index (χ2n) is 7.34. The lowest BCUT2D eigenvalue weighted by atomic mass is 9.96. The lowest BCUT2D eigenvalue weighted by Crippen LogP contribution is -2.49. The van der Waals surface area contributed by atoms with Crippen LogP contribution in [0.1, 0.15) is 28.6 Å². The molecule has 170 valence electrons. The fourth-order valence-electron chi connectivity index (χ4n) is 3.41. The summed E-state index contributed by atoms with van der Waals surface area (Å²) in [6.07, 6.45) is -4.70. The van der Waals surface area contributed by atoms with Gasteiger partial charge >= 0.3 is 6.18 Å². The molecule has 3 rings (SSSR count). The topological polar surface area (TPSA) is 119 Å². The Labute approximate surface area is 186 Å². The number of halogens is 3. The highest BCUT2D eigenvalue weighted by molar-refractivity contribution is 7.21. The van der Waals surface area contributed by atoms with Crippen molar-refractivity contribution in [2.45, 2.75) is 31.7 Å². The van der Waals surface area contributed by atoms with Gasteiger partial charge in [-0.25, -0.2) is 5.84 Å². The van der Waals surface area contributed by atoms with Gasteiger partial charge in [-0.2, -0.15) is 13.2 Å². The van der Waals surface area contributed by atoms with E-state index in [9.17, 15) is 23.1 Å². The maximum absolute atomic E-state index is 13.2. The molecule has 1 atom stereocenters. The normalized spacial score (nSPS) is 14.4. The molecule has 6 nitrogen and oxygen atoms in total. The third-order valence-corrected chi connectivity index (χ3v) is 6.34. The van der Waals surface area contributed by atoms with Gasteiger partial charge in [-0.3, -0.25) is 4.79 Å². The number of alkyl halides is 3. The van der Waals surface area contributed by atoms with E-state index in [1.807, 2.05) is 36.4 Å². The molecule has 0 aliphatic carbocycles. The Bertz CT molecular complexity index is 1160. The number of hydrogen-bond donors (Lipinski definition) is 4. The molecule has 0 saturated carbocycles. The predicted molar refractivity (Wildman–Crippen MR) is 119 cm³/mol. The quantitative estimate of drug-likeness (QED) is 0.313. The summed E-state index contributed by atoms with van der Waals surface area (Å²) in [6, 6.07) is 14.7. The summed E-state index contributed by atoms with van der Waals surface area (Å²) < 4.78 is 40.3. The molecule has 1 unspecified atom stereocenters. The van der Waals surface area contributed by atoms with E-state index in [4.69, 9.17) is 17.3 Å². The summed E-state index contributed by atoms with van der Waals surface area (Å²) in [5.41, 5.74) is 9.42. The zero-order valence-corrected chi connectivity index (χ0v) is 18.0. The molecule has 0 fully saturated rings. The van der Waals surface area contributed by atoms with Gasteiger partial charge in [0.15, 0.2) is 0 Å². The number of benzene rings is 2. The molecule has 2 aromatic carbocycles. The van der Waals surface area contributed by atoms with Crippen molar-refractivity contribution in [2.75, 3.05) is 0 Å². The molecule has 7 N–H and O–H groups in total. The number of rotatable bonds is 7. The molecular formula is C22H23F3N4O2S. The highest BCUT2D eigenvalue weighted by Gasteiger charge is 2.54. The van der Waals surface area contributed by atoms with Crippen LogP contribution in [0.25, 0.3) is 21.2 Å². The fourth-order valence-corrected chi connectivity index (χ4v) is 4.56. The summed E-state index contributed by atoms with van der Waals surface area (Å²) in [7, 11) is 0. The van der Waals surface area contributed by atoms with Gasteiger partial charge in [0, 0.05) is 21.8 Å². The zero-order chi connectivity index (χ0) is 23.7. The summed E-state index contributed by atoms with van der Waals surface area (Å²) in [5.74, 6) is 5.30. The zero-order valence-electron chi connectivity index (χ0n) is 17.2. The van der Waals surface area contributed by atoms with Gasteiger partial charge in [-0.1, -0.05) is 49.4 Å². The Morgan fingerprint density at radius 1 is 1.16 bits per heavy atom. The highest BCUT2D eigenvalue weighted by Crippen LogP contribution is 2.39. The number of nitrogens with two attached hydrogens (primary N) is 3. The van der Waals surface area contributed by atoms with Gasteiger partial charge in [0.1, 0.15) is 4.88 Å². The number of fused-ring (bicyclic) bond motifs is 1. The number of primary amides is 1. The third-order valence-electron chi connectivity index (χ3n) is 5.17. The Balaban J connectivity index is 1.94. The van der Waals surface area contributed by atoms with Crippen LogP contribution < -0.4 is 17.3 Å². The van der Waals surface area contributed by atoms with Crippen molar-refractivity contribution in [3.63, 3.8) is 0 Å². The maximum atomic E-state index is 13.2. The SMILES string of the molecule is CCC(O)(/C(N)=C/N(N)Cc1ccc2c(-c3ccccc3)c(C(N)=O)sc2c1)C(F)(F)F. The van der Waals surface area contributed by atoms with Crippen LogP contribution in [-0.2, 0) is 6.54 Å². The van der Waals surface area contributed by atoms with Crippen LogP contribution in [0, 0.1) is 0 Å². The minimum Gasteiger partial charge on any atom is -0.398 e. The third kappa shape index (κ3) is 4.43.